The monoisotopic (exact) mass is 272 g/mol. The summed E-state index contributed by atoms with van der Waals surface area (Å²) in [5, 5.41) is 19.3. The molecule has 0 unspecified atom stereocenters. The van der Waals surface area contributed by atoms with Gasteiger partial charge in [-0.15, -0.1) is 0 Å². The molecule has 1 aliphatic heterocycles. The molecule has 1 aromatic heterocycles. The van der Waals surface area contributed by atoms with Crippen LogP contribution in [-0.4, -0.2) is 38.7 Å². The van der Waals surface area contributed by atoms with E-state index in [1.54, 1.807) is 0 Å². The van der Waals surface area contributed by atoms with Gasteiger partial charge in [0.2, 0.25) is 0 Å². The first-order valence-electron chi connectivity index (χ1n) is 6.12. The number of aromatic amines is 1. The van der Waals surface area contributed by atoms with Crippen LogP contribution in [0.15, 0.2) is 30.5 Å². The largest absolute Gasteiger partial charge is 0.478 e. The van der Waals surface area contributed by atoms with Crippen molar-refractivity contribution in [2.75, 3.05) is 6.54 Å². The topological polar surface area (TPSA) is 93.6 Å². The van der Waals surface area contributed by atoms with Gasteiger partial charge in [-0.3, -0.25) is 4.90 Å². The predicted octanol–water partition coefficient (Wildman–Crippen LogP) is 2.13. The van der Waals surface area contributed by atoms with Gasteiger partial charge in [0.05, 0.1) is 11.3 Å². The summed E-state index contributed by atoms with van der Waals surface area (Å²) < 4.78 is 0. The van der Waals surface area contributed by atoms with E-state index in [0.717, 1.165) is 21.4 Å². The predicted molar refractivity (Wildman–Crippen MR) is 72.3 cm³/mol. The van der Waals surface area contributed by atoms with Gasteiger partial charge >= 0.3 is 12.1 Å². The van der Waals surface area contributed by atoms with Crippen LogP contribution in [0.3, 0.4) is 0 Å². The van der Waals surface area contributed by atoms with Crippen molar-refractivity contribution >= 4 is 28.5 Å². The van der Waals surface area contributed by atoms with Gasteiger partial charge in [-0.2, -0.15) is 0 Å². The van der Waals surface area contributed by atoms with Crippen molar-refractivity contribution < 1.29 is 19.8 Å². The summed E-state index contributed by atoms with van der Waals surface area (Å²) in [7, 11) is 0. The van der Waals surface area contributed by atoms with Gasteiger partial charge in [-0.05, 0) is 18.1 Å². The second-order valence-electron chi connectivity index (χ2n) is 4.60. The van der Waals surface area contributed by atoms with Crippen molar-refractivity contribution in [3.05, 3.63) is 41.7 Å². The third-order valence-corrected chi connectivity index (χ3v) is 3.45. The Balaban J connectivity index is 2.23. The molecule has 2 aromatic rings. The number of carboxylic acid groups (broad SMARTS) is 2. The summed E-state index contributed by atoms with van der Waals surface area (Å²) in [6.45, 7) is 0.237. The number of hydrogen-bond donors (Lipinski definition) is 3. The fourth-order valence-electron chi connectivity index (χ4n) is 2.52. The number of carbonyl (C=O) groups is 2. The Morgan fingerprint density at radius 1 is 1.20 bits per heavy atom. The number of fused-ring (bicyclic) bond motifs is 3. The number of benzene rings is 1. The summed E-state index contributed by atoms with van der Waals surface area (Å²) in [5.41, 5.74) is 2.16. The lowest BCUT2D eigenvalue weighted by atomic mass is 10.0. The molecule has 0 bridgehead atoms. The van der Waals surface area contributed by atoms with Crippen LogP contribution in [0.5, 0.6) is 0 Å². The van der Waals surface area contributed by atoms with Crippen LogP contribution in [0, 0.1) is 0 Å². The molecule has 1 aliphatic rings. The molecule has 0 saturated heterocycles. The maximum Gasteiger partial charge on any atom is 0.411 e. The van der Waals surface area contributed by atoms with Gasteiger partial charge in [0.25, 0.3) is 0 Å². The third-order valence-electron chi connectivity index (χ3n) is 3.45. The number of rotatable bonds is 1. The smallest absolute Gasteiger partial charge is 0.411 e. The van der Waals surface area contributed by atoms with Crippen molar-refractivity contribution in [3.8, 4) is 0 Å². The zero-order valence-electron chi connectivity index (χ0n) is 10.5. The van der Waals surface area contributed by atoms with Crippen LogP contribution < -0.4 is 0 Å². The summed E-state index contributed by atoms with van der Waals surface area (Å²) in [6, 6.07) is 7.52. The molecule has 0 saturated carbocycles. The normalized spacial score (nSPS) is 14.6. The SMILES string of the molecule is O=C(O)C1=CN(C(=O)O)CCc2c1[nH]c1ccccc21. The summed E-state index contributed by atoms with van der Waals surface area (Å²) >= 11 is 0. The van der Waals surface area contributed by atoms with E-state index in [4.69, 9.17) is 5.11 Å². The molecule has 102 valence electrons. The van der Waals surface area contributed by atoms with Crippen molar-refractivity contribution in [2.45, 2.75) is 6.42 Å². The Labute approximate surface area is 113 Å². The molecule has 0 aliphatic carbocycles. The number of para-hydroxylation sites is 1. The maximum atomic E-state index is 11.4. The lowest BCUT2D eigenvalue weighted by Gasteiger charge is -2.12. The highest BCUT2D eigenvalue weighted by atomic mass is 16.4. The average molecular weight is 272 g/mol. The molecule has 0 spiro atoms. The van der Waals surface area contributed by atoms with E-state index < -0.39 is 12.1 Å². The lowest BCUT2D eigenvalue weighted by Crippen LogP contribution is -2.25. The minimum absolute atomic E-state index is 0.0314. The second kappa shape index (κ2) is 4.41. The molecule has 20 heavy (non-hydrogen) atoms. The first-order chi connectivity index (χ1) is 9.58. The zero-order valence-corrected chi connectivity index (χ0v) is 10.5. The van der Waals surface area contributed by atoms with E-state index in [0.29, 0.717) is 12.1 Å². The third kappa shape index (κ3) is 1.82. The van der Waals surface area contributed by atoms with E-state index in [1.807, 2.05) is 24.3 Å². The first-order valence-corrected chi connectivity index (χ1v) is 6.12. The highest BCUT2D eigenvalue weighted by Gasteiger charge is 2.25. The summed E-state index contributed by atoms with van der Waals surface area (Å²) in [5.74, 6) is -1.15. The van der Waals surface area contributed by atoms with Crippen LogP contribution in [0.1, 0.15) is 11.3 Å². The fourth-order valence-corrected chi connectivity index (χ4v) is 2.52. The van der Waals surface area contributed by atoms with Gasteiger partial charge in [0, 0.05) is 23.6 Å². The first kappa shape index (κ1) is 12.3. The van der Waals surface area contributed by atoms with Gasteiger partial charge < -0.3 is 15.2 Å². The number of H-pyrrole nitrogens is 1. The number of amides is 1. The number of nitrogens with zero attached hydrogens (tertiary/aromatic N) is 1. The Bertz CT molecular complexity index is 745. The molecule has 0 fully saturated rings. The minimum Gasteiger partial charge on any atom is -0.478 e. The molecule has 0 radical (unpaired) electrons. The van der Waals surface area contributed by atoms with Crippen molar-refractivity contribution in [2.24, 2.45) is 0 Å². The molecule has 1 aromatic carbocycles. The van der Waals surface area contributed by atoms with E-state index in [2.05, 4.69) is 4.98 Å². The molecule has 3 N–H and O–H groups in total. The molecular weight excluding hydrogens is 260 g/mol. The Morgan fingerprint density at radius 2 is 1.95 bits per heavy atom. The molecule has 6 heteroatoms. The number of nitrogens with one attached hydrogen (secondary N) is 1. The van der Waals surface area contributed by atoms with E-state index in [-0.39, 0.29) is 12.1 Å². The van der Waals surface area contributed by atoms with Gasteiger partial charge in [-0.1, -0.05) is 18.2 Å². The van der Waals surface area contributed by atoms with Crippen molar-refractivity contribution in [3.63, 3.8) is 0 Å². The Morgan fingerprint density at radius 3 is 2.65 bits per heavy atom. The number of hydrogen-bond acceptors (Lipinski definition) is 2. The van der Waals surface area contributed by atoms with Gasteiger partial charge in [0.1, 0.15) is 0 Å². The van der Waals surface area contributed by atoms with Gasteiger partial charge in [0.15, 0.2) is 0 Å². The number of carboxylic acids is 1. The highest BCUT2D eigenvalue weighted by Crippen LogP contribution is 2.30. The van der Waals surface area contributed by atoms with Crippen molar-refractivity contribution in [1.29, 1.82) is 0 Å². The standard InChI is InChI=1S/C14H12N2O4/c17-13(18)10-7-16(14(19)20)6-5-9-8-3-1-2-4-11(8)15-12(9)10/h1-4,7,15H,5-6H2,(H,17,18)(H,19,20). The number of aromatic nitrogens is 1. The molecule has 3 rings (SSSR count). The average Bonchev–Trinajstić information content (AvgIpc) is 2.65. The summed E-state index contributed by atoms with van der Waals surface area (Å²) in [6.07, 6.45) is 0.489. The van der Waals surface area contributed by atoms with E-state index in [1.165, 1.54) is 6.20 Å². The highest BCUT2D eigenvalue weighted by molar-refractivity contribution is 6.17. The molecule has 1 amide bonds. The fraction of sp³-hybridized carbons (Fsp3) is 0.143. The van der Waals surface area contributed by atoms with Crippen LogP contribution >= 0.6 is 0 Å². The zero-order chi connectivity index (χ0) is 14.3. The summed E-state index contributed by atoms with van der Waals surface area (Å²) in [4.78, 5) is 26.6. The second-order valence-corrected chi connectivity index (χ2v) is 4.60. The molecule has 0 atom stereocenters. The molecule has 2 heterocycles. The lowest BCUT2D eigenvalue weighted by molar-refractivity contribution is -0.130. The van der Waals surface area contributed by atoms with Gasteiger partial charge in [-0.25, -0.2) is 9.59 Å². The molecular formula is C14H12N2O4. The van der Waals surface area contributed by atoms with Crippen LogP contribution in [0.25, 0.3) is 16.5 Å². The van der Waals surface area contributed by atoms with Crippen LogP contribution in [0.4, 0.5) is 4.79 Å². The number of aliphatic carboxylic acids is 1. The van der Waals surface area contributed by atoms with Crippen LogP contribution in [0.2, 0.25) is 0 Å². The molecule has 6 nitrogen and oxygen atoms in total. The Hall–Kier alpha value is -2.76. The van der Waals surface area contributed by atoms with E-state index >= 15 is 0 Å². The van der Waals surface area contributed by atoms with E-state index in [9.17, 15) is 14.7 Å². The van der Waals surface area contributed by atoms with Crippen molar-refractivity contribution in [1.82, 2.24) is 9.88 Å². The maximum absolute atomic E-state index is 11.4. The minimum atomic E-state index is -1.15. The Kier molecular flexibility index (Phi) is 2.71. The van der Waals surface area contributed by atoms with Crippen LogP contribution in [-0.2, 0) is 11.2 Å². The quantitative estimate of drug-likeness (QED) is 0.741.